The molecule has 0 aliphatic carbocycles. The number of hydrogen-bond acceptors (Lipinski definition) is 6. The molecule has 1 aliphatic heterocycles. The summed E-state index contributed by atoms with van der Waals surface area (Å²) in [6, 6.07) is 0.151. The fraction of sp³-hybridized carbons (Fsp3) is 0.769. The third-order valence-corrected chi connectivity index (χ3v) is 4.89. The lowest BCUT2D eigenvalue weighted by atomic mass is 9.86. The highest BCUT2D eigenvalue weighted by Crippen LogP contribution is 2.31. The molecule has 1 saturated heterocycles. The molecule has 2 heterocycles. The van der Waals surface area contributed by atoms with E-state index in [0.717, 1.165) is 25.7 Å². The Kier molecular flexibility index (Phi) is 4.93. The highest BCUT2D eigenvalue weighted by atomic mass is 32.1. The topological polar surface area (TPSA) is 76.1 Å². The summed E-state index contributed by atoms with van der Waals surface area (Å²) in [6.07, 6.45) is 3.66. The first-order chi connectivity index (χ1) is 9.62. The van der Waals surface area contributed by atoms with Crippen LogP contribution in [0, 0.1) is 0 Å². The largest absolute Gasteiger partial charge is 0.375 e. The fourth-order valence-corrected chi connectivity index (χ4v) is 3.16. The molecule has 20 heavy (non-hydrogen) atoms. The van der Waals surface area contributed by atoms with Crippen LogP contribution in [0.4, 0.5) is 5.13 Å². The Balaban J connectivity index is 1.97. The maximum atomic E-state index is 12.2. The number of carbonyl (C=O) groups is 1. The minimum Gasteiger partial charge on any atom is -0.375 e. The lowest BCUT2D eigenvalue weighted by Gasteiger charge is -2.40. The van der Waals surface area contributed by atoms with Gasteiger partial charge in [-0.05, 0) is 25.7 Å². The lowest BCUT2D eigenvalue weighted by Crippen LogP contribution is -2.48. The van der Waals surface area contributed by atoms with Crippen molar-refractivity contribution in [2.45, 2.75) is 51.2 Å². The quantitative estimate of drug-likeness (QED) is 0.870. The normalized spacial score (nSPS) is 21.4. The number of nitrogens with zero attached hydrogens (tertiary/aromatic N) is 2. The van der Waals surface area contributed by atoms with Gasteiger partial charge in [-0.1, -0.05) is 25.2 Å². The number of hydrogen-bond donors (Lipinski definition) is 2. The number of ether oxygens (including phenoxy) is 1. The van der Waals surface area contributed by atoms with Crippen molar-refractivity contribution in [1.29, 1.82) is 0 Å². The van der Waals surface area contributed by atoms with Crippen LogP contribution in [0.2, 0.25) is 0 Å². The number of anilines is 1. The van der Waals surface area contributed by atoms with E-state index in [1.807, 2.05) is 0 Å². The highest BCUT2D eigenvalue weighted by Gasteiger charge is 2.35. The van der Waals surface area contributed by atoms with Crippen molar-refractivity contribution in [3.8, 4) is 0 Å². The molecule has 1 amide bonds. The summed E-state index contributed by atoms with van der Waals surface area (Å²) in [4.78, 5) is 12.2. The molecule has 2 rings (SSSR count). The molecule has 0 bridgehead atoms. The summed E-state index contributed by atoms with van der Waals surface area (Å²) in [6.45, 7) is 4.97. The highest BCUT2D eigenvalue weighted by molar-refractivity contribution is 7.17. The summed E-state index contributed by atoms with van der Waals surface area (Å²) < 4.78 is 5.92. The lowest BCUT2D eigenvalue weighted by molar-refractivity contribution is -0.0917. The zero-order valence-electron chi connectivity index (χ0n) is 12.2. The number of nitrogens with one attached hydrogen (secondary N) is 2. The van der Waals surface area contributed by atoms with Crippen LogP contribution in [0.3, 0.4) is 0 Å². The number of carbonyl (C=O) groups excluding carboxylic acids is 1. The second-order valence-electron chi connectivity index (χ2n) is 5.06. The fourth-order valence-electron chi connectivity index (χ4n) is 2.56. The van der Waals surface area contributed by atoms with Gasteiger partial charge in [-0.2, -0.15) is 0 Å². The van der Waals surface area contributed by atoms with Crippen LogP contribution < -0.4 is 10.6 Å². The van der Waals surface area contributed by atoms with Gasteiger partial charge in [0, 0.05) is 19.7 Å². The van der Waals surface area contributed by atoms with Crippen LogP contribution in [0.5, 0.6) is 0 Å². The van der Waals surface area contributed by atoms with E-state index in [-0.39, 0.29) is 17.6 Å². The van der Waals surface area contributed by atoms with E-state index in [1.54, 1.807) is 7.05 Å². The molecule has 1 aliphatic rings. The molecule has 1 unspecified atom stereocenters. The predicted octanol–water partition coefficient (Wildman–Crippen LogP) is 2.05. The molecule has 6 nitrogen and oxygen atoms in total. The molecule has 0 aromatic carbocycles. The minimum atomic E-state index is -0.142. The van der Waals surface area contributed by atoms with Crippen LogP contribution in [-0.2, 0) is 4.74 Å². The third kappa shape index (κ3) is 3.27. The molecule has 1 atom stereocenters. The number of rotatable bonds is 5. The summed E-state index contributed by atoms with van der Waals surface area (Å²) in [5.74, 6) is -0.142. The Morgan fingerprint density at radius 3 is 2.80 bits per heavy atom. The van der Waals surface area contributed by atoms with E-state index in [4.69, 9.17) is 4.74 Å². The SMILES string of the molecule is CCC1(CC)CC(NC(=O)c2nnc(NC)s2)CCO1. The van der Waals surface area contributed by atoms with Gasteiger partial charge in [0.15, 0.2) is 0 Å². The van der Waals surface area contributed by atoms with Gasteiger partial charge in [0.1, 0.15) is 0 Å². The van der Waals surface area contributed by atoms with Crippen molar-refractivity contribution >= 4 is 22.4 Å². The first-order valence-corrected chi connectivity index (χ1v) is 7.90. The molecular weight excluding hydrogens is 276 g/mol. The second kappa shape index (κ2) is 6.49. The molecule has 2 N–H and O–H groups in total. The molecule has 0 saturated carbocycles. The van der Waals surface area contributed by atoms with Gasteiger partial charge in [0.25, 0.3) is 5.91 Å². The molecule has 1 fully saturated rings. The average Bonchev–Trinajstić information content (AvgIpc) is 2.96. The summed E-state index contributed by atoms with van der Waals surface area (Å²) in [5, 5.41) is 14.8. The van der Waals surface area contributed by atoms with Gasteiger partial charge in [0.05, 0.1) is 5.60 Å². The molecule has 1 aromatic rings. The molecule has 0 spiro atoms. The van der Waals surface area contributed by atoms with Crippen molar-refractivity contribution in [3.63, 3.8) is 0 Å². The van der Waals surface area contributed by atoms with Gasteiger partial charge in [0.2, 0.25) is 10.1 Å². The average molecular weight is 298 g/mol. The molecule has 7 heteroatoms. The minimum absolute atomic E-state index is 0.0898. The second-order valence-corrected chi connectivity index (χ2v) is 6.04. The van der Waals surface area contributed by atoms with Gasteiger partial charge in [-0.3, -0.25) is 4.79 Å². The van der Waals surface area contributed by atoms with Gasteiger partial charge < -0.3 is 15.4 Å². The smallest absolute Gasteiger partial charge is 0.282 e. The van der Waals surface area contributed by atoms with Crippen molar-refractivity contribution in [2.24, 2.45) is 0 Å². The van der Waals surface area contributed by atoms with E-state index in [2.05, 4.69) is 34.7 Å². The third-order valence-electron chi connectivity index (χ3n) is 3.95. The predicted molar refractivity (Wildman–Crippen MR) is 79.2 cm³/mol. The first-order valence-electron chi connectivity index (χ1n) is 7.08. The molecular formula is C13H22N4O2S. The Hall–Kier alpha value is -1.21. The Morgan fingerprint density at radius 2 is 2.20 bits per heavy atom. The number of amides is 1. The van der Waals surface area contributed by atoms with Gasteiger partial charge in [-0.15, -0.1) is 10.2 Å². The van der Waals surface area contributed by atoms with E-state index in [0.29, 0.717) is 16.7 Å². The van der Waals surface area contributed by atoms with Crippen molar-refractivity contribution in [2.75, 3.05) is 19.0 Å². The standard InChI is InChI=1S/C13H22N4O2S/c1-4-13(5-2)8-9(6-7-19-13)15-10(18)11-16-17-12(14-3)20-11/h9H,4-8H2,1-3H3,(H,14,17)(H,15,18). The van der Waals surface area contributed by atoms with Crippen LogP contribution >= 0.6 is 11.3 Å². The Morgan fingerprint density at radius 1 is 1.45 bits per heavy atom. The number of aromatic nitrogens is 2. The van der Waals surface area contributed by atoms with E-state index in [1.165, 1.54) is 11.3 Å². The van der Waals surface area contributed by atoms with E-state index in [9.17, 15) is 4.79 Å². The molecule has 112 valence electrons. The van der Waals surface area contributed by atoms with Crippen LogP contribution in [0.25, 0.3) is 0 Å². The van der Waals surface area contributed by atoms with E-state index >= 15 is 0 Å². The Labute approximate surface area is 123 Å². The maximum Gasteiger partial charge on any atom is 0.282 e. The summed E-state index contributed by atoms with van der Waals surface area (Å²) in [7, 11) is 1.76. The van der Waals surface area contributed by atoms with Crippen molar-refractivity contribution in [1.82, 2.24) is 15.5 Å². The zero-order valence-corrected chi connectivity index (χ0v) is 13.0. The van der Waals surface area contributed by atoms with Crippen molar-refractivity contribution in [3.05, 3.63) is 5.01 Å². The maximum absolute atomic E-state index is 12.2. The van der Waals surface area contributed by atoms with Crippen LogP contribution in [0.1, 0.15) is 49.3 Å². The Bertz CT molecular complexity index is 459. The zero-order chi connectivity index (χ0) is 14.6. The molecule has 0 radical (unpaired) electrons. The molecule has 1 aromatic heterocycles. The van der Waals surface area contributed by atoms with Crippen LogP contribution in [-0.4, -0.2) is 41.4 Å². The van der Waals surface area contributed by atoms with Gasteiger partial charge in [-0.25, -0.2) is 0 Å². The van der Waals surface area contributed by atoms with Crippen LogP contribution in [0.15, 0.2) is 0 Å². The summed E-state index contributed by atoms with van der Waals surface area (Å²) >= 11 is 1.26. The first kappa shape index (κ1) is 15.2. The van der Waals surface area contributed by atoms with Crippen molar-refractivity contribution < 1.29 is 9.53 Å². The monoisotopic (exact) mass is 298 g/mol. The van der Waals surface area contributed by atoms with Gasteiger partial charge >= 0.3 is 0 Å². The van der Waals surface area contributed by atoms with E-state index < -0.39 is 0 Å². The summed E-state index contributed by atoms with van der Waals surface area (Å²) in [5.41, 5.74) is -0.0898.